The second kappa shape index (κ2) is 8.03. The molecule has 1 aliphatic rings. The summed E-state index contributed by atoms with van der Waals surface area (Å²) >= 11 is 0. The highest BCUT2D eigenvalue weighted by molar-refractivity contribution is 5.93. The number of hydrogen-bond acceptors (Lipinski definition) is 3. The van der Waals surface area contributed by atoms with Crippen molar-refractivity contribution in [2.24, 2.45) is 5.92 Å². The maximum Gasteiger partial charge on any atom is 0.319 e. The third kappa shape index (κ3) is 4.13. The number of para-hydroxylation sites is 2. The van der Waals surface area contributed by atoms with E-state index in [1.807, 2.05) is 31.3 Å². The summed E-state index contributed by atoms with van der Waals surface area (Å²) in [5, 5.41) is 15.4. The Balaban J connectivity index is 2.00. The summed E-state index contributed by atoms with van der Waals surface area (Å²) in [6.45, 7) is 3.08. The van der Waals surface area contributed by atoms with Gasteiger partial charge in [0, 0.05) is 32.2 Å². The van der Waals surface area contributed by atoms with E-state index in [0.717, 1.165) is 43.6 Å². The summed E-state index contributed by atoms with van der Waals surface area (Å²) in [5.41, 5.74) is 1.81. The fourth-order valence-electron chi connectivity index (χ4n) is 3.03. The normalized spacial score (nSPS) is 21.2. The molecule has 22 heavy (non-hydrogen) atoms. The fraction of sp³-hybridized carbons (Fsp3) is 0.588. The van der Waals surface area contributed by atoms with E-state index in [4.69, 9.17) is 0 Å². The number of nitrogens with zero attached hydrogens (tertiary/aromatic N) is 1. The quantitative estimate of drug-likeness (QED) is 0.784. The minimum atomic E-state index is -0.192. The van der Waals surface area contributed by atoms with Crippen LogP contribution in [0, 0.1) is 5.92 Å². The lowest BCUT2D eigenvalue weighted by atomic mass is 9.85. The molecule has 1 aromatic carbocycles. The second-order valence-electron chi connectivity index (χ2n) is 5.96. The average molecular weight is 305 g/mol. The van der Waals surface area contributed by atoms with E-state index in [2.05, 4.69) is 22.5 Å². The van der Waals surface area contributed by atoms with Crippen molar-refractivity contribution in [2.45, 2.75) is 38.6 Å². The molecule has 0 aliphatic heterocycles. The molecule has 1 fully saturated rings. The van der Waals surface area contributed by atoms with Crippen molar-refractivity contribution >= 4 is 17.4 Å². The summed E-state index contributed by atoms with van der Waals surface area (Å²) in [6.07, 6.45) is 4.16. The Morgan fingerprint density at radius 3 is 2.77 bits per heavy atom. The lowest BCUT2D eigenvalue weighted by Crippen LogP contribution is -2.45. The second-order valence-corrected chi connectivity index (χ2v) is 5.96. The highest BCUT2D eigenvalue weighted by atomic mass is 16.3. The molecular weight excluding hydrogens is 278 g/mol. The SMILES string of the molecule is CCN(C)c1ccccc1NC(=O)N[C@H]1CCCC[C@H]1CO. The van der Waals surface area contributed by atoms with Crippen LogP contribution in [0.3, 0.4) is 0 Å². The van der Waals surface area contributed by atoms with Crippen molar-refractivity contribution in [3.05, 3.63) is 24.3 Å². The Kier molecular flexibility index (Phi) is 6.07. The molecule has 0 bridgehead atoms. The molecule has 0 aromatic heterocycles. The van der Waals surface area contributed by atoms with E-state index in [9.17, 15) is 9.90 Å². The first-order valence-electron chi connectivity index (χ1n) is 8.14. The summed E-state index contributed by atoms with van der Waals surface area (Å²) in [7, 11) is 2.00. The van der Waals surface area contributed by atoms with Gasteiger partial charge in [0.1, 0.15) is 0 Å². The summed E-state index contributed by atoms with van der Waals surface area (Å²) in [5.74, 6) is 0.174. The van der Waals surface area contributed by atoms with Crippen molar-refractivity contribution in [1.29, 1.82) is 0 Å². The van der Waals surface area contributed by atoms with Gasteiger partial charge in [-0.2, -0.15) is 0 Å². The zero-order valence-corrected chi connectivity index (χ0v) is 13.5. The fourth-order valence-corrected chi connectivity index (χ4v) is 3.03. The van der Waals surface area contributed by atoms with Gasteiger partial charge in [-0.05, 0) is 31.9 Å². The molecule has 5 nitrogen and oxygen atoms in total. The molecule has 2 amide bonds. The van der Waals surface area contributed by atoms with Crippen LogP contribution in [0.4, 0.5) is 16.2 Å². The zero-order valence-electron chi connectivity index (χ0n) is 13.5. The highest BCUT2D eigenvalue weighted by Crippen LogP contribution is 2.26. The molecule has 0 unspecified atom stereocenters. The van der Waals surface area contributed by atoms with Gasteiger partial charge < -0.3 is 20.6 Å². The molecular formula is C17H27N3O2. The third-order valence-corrected chi connectivity index (χ3v) is 4.50. The molecule has 1 aliphatic carbocycles. The maximum atomic E-state index is 12.3. The Morgan fingerprint density at radius 2 is 2.05 bits per heavy atom. The molecule has 2 atom stereocenters. The van der Waals surface area contributed by atoms with Gasteiger partial charge in [-0.15, -0.1) is 0 Å². The van der Waals surface area contributed by atoms with Crippen LogP contribution < -0.4 is 15.5 Å². The number of nitrogens with one attached hydrogen (secondary N) is 2. The van der Waals surface area contributed by atoms with Gasteiger partial charge in [-0.25, -0.2) is 4.79 Å². The Morgan fingerprint density at radius 1 is 1.32 bits per heavy atom. The number of urea groups is 1. The number of aliphatic hydroxyl groups is 1. The third-order valence-electron chi connectivity index (χ3n) is 4.50. The van der Waals surface area contributed by atoms with Crippen molar-refractivity contribution in [1.82, 2.24) is 5.32 Å². The zero-order chi connectivity index (χ0) is 15.9. The number of anilines is 2. The largest absolute Gasteiger partial charge is 0.396 e. The van der Waals surface area contributed by atoms with Crippen LogP contribution in [-0.4, -0.2) is 37.4 Å². The van der Waals surface area contributed by atoms with Crippen LogP contribution in [-0.2, 0) is 0 Å². The molecule has 2 rings (SSSR count). The van der Waals surface area contributed by atoms with Crippen LogP contribution in [0.25, 0.3) is 0 Å². The van der Waals surface area contributed by atoms with Crippen molar-refractivity contribution in [3.8, 4) is 0 Å². The molecule has 0 heterocycles. The van der Waals surface area contributed by atoms with Gasteiger partial charge in [-0.3, -0.25) is 0 Å². The number of amides is 2. The van der Waals surface area contributed by atoms with Gasteiger partial charge in [0.2, 0.25) is 0 Å². The number of carbonyl (C=O) groups is 1. The van der Waals surface area contributed by atoms with E-state index in [-0.39, 0.29) is 24.6 Å². The monoisotopic (exact) mass is 305 g/mol. The van der Waals surface area contributed by atoms with E-state index in [1.54, 1.807) is 0 Å². The molecule has 122 valence electrons. The minimum absolute atomic E-state index is 0.0646. The van der Waals surface area contributed by atoms with Gasteiger partial charge >= 0.3 is 6.03 Å². The molecule has 0 radical (unpaired) electrons. The predicted octanol–water partition coefficient (Wildman–Crippen LogP) is 2.82. The van der Waals surface area contributed by atoms with Crippen LogP contribution >= 0.6 is 0 Å². The molecule has 1 saturated carbocycles. The minimum Gasteiger partial charge on any atom is -0.396 e. The Bertz CT molecular complexity index is 493. The maximum absolute atomic E-state index is 12.3. The summed E-state index contributed by atoms with van der Waals surface area (Å²) < 4.78 is 0. The van der Waals surface area contributed by atoms with Crippen molar-refractivity contribution in [2.75, 3.05) is 30.4 Å². The number of hydrogen-bond donors (Lipinski definition) is 3. The molecule has 0 saturated heterocycles. The Labute approximate surface area is 132 Å². The smallest absolute Gasteiger partial charge is 0.319 e. The van der Waals surface area contributed by atoms with Crippen molar-refractivity contribution < 1.29 is 9.90 Å². The molecule has 1 aromatic rings. The van der Waals surface area contributed by atoms with Crippen LogP contribution in [0.5, 0.6) is 0 Å². The number of carbonyl (C=O) groups excluding carboxylic acids is 1. The van der Waals surface area contributed by atoms with Gasteiger partial charge in [-0.1, -0.05) is 25.0 Å². The van der Waals surface area contributed by atoms with Crippen molar-refractivity contribution in [3.63, 3.8) is 0 Å². The first-order chi connectivity index (χ1) is 10.7. The lowest BCUT2D eigenvalue weighted by molar-refractivity contribution is 0.156. The number of benzene rings is 1. The van der Waals surface area contributed by atoms with E-state index < -0.39 is 0 Å². The van der Waals surface area contributed by atoms with Crippen LogP contribution in [0.15, 0.2) is 24.3 Å². The van der Waals surface area contributed by atoms with E-state index >= 15 is 0 Å². The first-order valence-corrected chi connectivity index (χ1v) is 8.14. The van der Waals surface area contributed by atoms with Gasteiger partial charge in [0.05, 0.1) is 11.4 Å². The Hall–Kier alpha value is -1.75. The van der Waals surface area contributed by atoms with Gasteiger partial charge in [0.15, 0.2) is 0 Å². The predicted molar refractivity (Wildman–Crippen MR) is 90.4 cm³/mol. The lowest BCUT2D eigenvalue weighted by Gasteiger charge is -2.31. The first kappa shape index (κ1) is 16.6. The van der Waals surface area contributed by atoms with Gasteiger partial charge in [0.25, 0.3) is 0 Å². The van der Waals surface area contributed by atoms with Crippen LogP contribution in [0.1, 0.15) is 32.6 Å². The molecule has 0 spiro atoms. The van der Waals surface area contributed by atoms with E-state index in [0.29, 0.717) is 0 Å². The molecule has 3 N–H and O–H groups in total. The summed E-state index contributed by atoms with van der Waals surface area (Å²) in [6, 6.07) is 7.66. The summed E-state index contributed by atoms with van der Waals surface area (Å²) in [4.78, 5) is 14.4. The highest BCUT2D eigenvalue weighted by Gasteiger charge is 2.26. The van der Waals surface area contributed by atoms with E-state index in [1.165, 1.54) is 0 Å². The topological polar surface area (TPSA) is 64.6 Å². The van der Waals surface area contributed by atoms with Crippen LogP contribution in [0.2, 0.25) is 0 Å². The number of aliphatic hydroxyl groups excluding tert-OH is 1. The average Bonchev–Trinajstić information content (AvgIpc) is 2.55. The standard InChI is InChI=1S/C17H27N3O2/c1-3-20(2)16-11-7-6-10-15(16)19-17(22)18-14-9-5-4-8-13(14)12-21/h6-7,10-11,13-14,21H,3-5,8-9,12H2,1-2H3,(H2,18,19,22)/t13-,14-/m0/s1. The number of rotatable bonds is 5. The molecule has 5 heteroatoms.